The maximum Gasteiger partial charge on any atom is 0.0493 e. The van der Waals surface area contributed by atoms with Crippen molar-refractivity contribution in [1.82, 2.24) is 0 Å². The minimum atomic E-state index is 0.632. The van der Waals surface area contributed by atoms with Crippen LogP contribution in [0.1, 0.15) is 5.56 Å². The molecule has 0 bridgehead atoms. The number of nitrogens with zero attached hydrogens (tertiary/aromatic N) is 3. The molecular weight excluding hydrogens is 847 g/mol. The quantitative estimate of drug-likeness (QED) is 0.134. The fourth-order valence-corrected chi connectivity index (χ4v) is 10.2. The fourth-order valence-electron chi connectivity index (χ4n) is 10.2. The number of hydrogen-bond acceptors (Lipinski definition) is 3. The first-order chi connectivity index (χ1) is 34.6. The number of anilines is 7. The molecule has 0 aliphatic carbocycles. The van der Waals surface area contributed by atoms with E-state index < -0.39 is 0 Å². The van der Waals surface area contributed by atoms with Crippen molar-refractivity contribution in [3.8, 4) is 22.3 Å². The summed E-state index contributed by atoms with van der Waals surface area (Å²) >= 11 is 0. The van der Waals surface area contributed by atoms with E-state index in [1.54, 1.807) is 0 Å². The van der Waals surface area contributed by atoms with E-state index in [-0.39, 0.29) is 0 Å². The van der Waals surface area contributed by atoms with Gasteiger partial charge in [0, 0.05) is 57.6 Å². The number of benzene rings is 11. The Morgan fingerprint density at radius 2 is 0.757 bits per heavy atom. The van der Waals surface area contributed by atoms with Gasteiger partial charge in [-0.1, -0.05) is 183 Å². The van der Waals surface area contributed by atoms with E-state index in [0.717, 1.165) is 67.8 Å². The van der Waals surface area contributed by atoms with E-state index >= 15 is 0 Å². The molecule has 12 rings (SSSR count). The molecule has 0 aromatic heterocycles. The molecule has 0 N–H and O–H groups in total. The molecule has 3 heteroatoms. The van der Waals surface area contributed by atoms with Gasteiger partial charge in [0.1, 0.15) is 0 Å². The Labute approximate surface area is 410 Å². The Morgan fingerprint density at radius 3 is 1.31 bits per heavy atom. The summed E-state index contributed by atoms with van der Waals surface area (Å²) in [7, 11) is 0. The van der Waals surface area contributed by atoms with Crippen LogP contribution in [0.15, 0.2) is 285 Å². The first kappa shape index (κ1) is 42.2. The minimum Gasteiger partial charge on any atom is -0.337 e. The largest absolute Gasteiger partial charge is 0.337 e. The number of rotatable bonds is 9. The van der Waals surface area contributed by atoms with Crippen LogP contribution in [0.5, 0.6) is 0 Å². The Balaban J connectivity index is 0.998. The zero-order valence-corrected chi connectivity index (χ0v) is 38.7. The smallest absolute Gasteiger partial charge is 0.0493 e. The normalized spacial score (nSPS) is 13.7. The summed E-state index contributed by atoms with van der Waals surface area (Å²) in [6.45, 7) is 5.53. The Hall–Kier alpha value is -9.18. The van der Waals surface area contributed by atoms with Crippen LogP contribution >= 0.6 is 0 Å². The summed E-state index contributed by atoms with van der Waals surface area (Å²) in [6.07, 6.45) is 6.81. The summed E-state index contributed by atoms with van der Waals surface area (Å²) in [5, 5.41) is 7.54. The molecule has 0 unspecified atom stereocenters. The van der Waals surface area contributed by atoms with E-state index in [0.29, 0.717) is 6.54 Å². The minimum absolute atomic E-state index is 0.632. The van der Waals surface area contributed by atoms with Gasteiger partial charge in [-0.2, -0.15) is 0 Å². The molecule has 332 valence electrons. The van der Waals surface area contributed by atoms with Crippen molar-refractivity contribution in [1.29, 1.82) is 0 Å². The van der Waals surface area contributed by atoms with E-state index in [1.165, 1.54) is 43.4 Å². The maximum absolute atomic E-state index is 4.89. The topological polar surface area (TPSA) is 9.72 Å². The molecule has 1 aliphatic rings. The second kappa shape index (κ2) is 18.5. The lowest BCUT2D eigenvalue weighted by Gasteiger charge is -2.28. The van der Waals surface area contributed by atoms with Gasteiger partial charge in [-0.05, 0) is 157 Å². The highest BCUT2D eigenvalue weighted by Crippen LogP contribution is 2.43. The molecule has 11 aromatic rings. The first-order valence-corrected chi connectivity index (χ1v) is 24.0. The first-order valence-electron chi connectivity index (χ1n) is 24.0. The van der Waals surface area contributed by atoms with Crippen molar-refractivity contribution in [3.05, 3.63) is 291 Å². The molecule has 70 heavy (non-hydrogen) atoms. The summed E-state index contributed by atoms with van der Waals surface area (Å²) in [5.41, 5.74) is 15.3. The average Bonchev–Trinajstić information content (AvgIpc) is 3.50. The lowest BCUT2D eigenvalue weighted by molar-refractivity contribution is 1.09. The highest BCUT2D eigenvalue weighted by molar-refractivity contribution is 6.25. The summed E-state index contributed by atoms with van der Waals surface area (Å²) in [5.74, 6) is 0. The third kappa shape index (κ3) is 8.00. The second-order valence-corrected chi connectivity index (χ2v) is 17.8. The molecule has 0 spiro atoms. The SMILES string of the molecule is C=C1/C=C(N(c2ccccc2)c2ccc(-c3ccccc3)cc2)\C=C/CN(c2ccc3c4ccccc4c4ccccc4c3c2)c2ccc(-c3ccc(N(c4ccccc4)c4ccccc4)cc3)cc21. The van der Waals surface area contributed by atoms with Gasteiger partial charge in [0.2, 0.25) is 0 Å². The molecule has 1 aliphatic heterocycles. The lowest BCUT2D eigenvalue weighted by Crippen LogP contribution is -2.18. The molecule has 0 amide bonds. The predicted octanol–water partition coefficient (Wildman–Crippen LogP) is 18.4. The van der Waals surface area contributed by atoms with Gasteiger partial charge in [-0.25, -0.2) is 0 Å². The van der Waals surface area contributed by atoms with Crippen molar-refractivity contribution < 1.29 is 0 Å². The van der Waals surface area contributed by atoms with Crippen LogP contribution in [-0.2, 0) is 0 Å². The summed E-state index contributed by atoms with van der Waals surface area (Å²) < 4.78 is 0. The van der Waals surface area contributed by atoms with Crippen LogP contribution in [0.2, 0.25) is 0 Å². The monoisotopic (exact) mass is 895 g/mol. The third-order valence-corrected chi connectivity index (χ3v) is 13.6. The van der Waals surface area contributed by atoms with Gasteiger partial charge in [0.25, 0.3) is 0 Å². The molecule has 3 nitrogen and oxygen atoms in total. The van der Waals surface area contributed by atoms with Crippen molar-refractivity contribution in [3.63, 3.8) is 0 Å². The standard InChI is InChI=1S/C67H49N3/c1-48-45-59(70(55-25-12-5-13-26-55)57-37-32-50(33-38-57)49-19-6-2-7-20-49)27-18-44-68(58-41-42-64-62-30-15-14-28-60(62)61-29-16-17-31-63(61)66(64)47-58)67-43-36-52(46-65(48)67)51-34-39-56(40-35-51)69(53-21-8-3-9-22-53)54-23-10-4-11-24-54/h2-43,45-47H,1,44H2/b27-18-,59-45+. The molecule has 1 heterocycles. The van der Waals surface area contributed by atoms with Crippen LogP contribution in [0.25, 0.3) is 60.1 Å². The zero-order valence-electron chi connectivity index (χ0n) is 38.7. The van der Waals surface area contributed by atoms with Crippen LogP contribution in [0.4, 0.5) is 39.8 Å². The molecular formula is C67H49N3. The number of para-hydroxylation sites is 3. The number of hydrogen-bond donors (Lipinski definition) is 0. The lowest BCUT2D eigenvalue weighted by atomic mass is 9.93. The number of allylic oxidation sites excluding steroid dienone is 3. The molecule has 11 aromatic carbocycles. The Bertz CT molecular complexity index is 3660. The molecule has 0 saturated carbocycles. The van der Waals surface area contributed by atoms with Gasteiger partial charge in [-0.3, -0.25) is 0 Å². The predicted molar refractivity (Wildman–Crippen MR) is 299 cm³/mol. The maximum atomic E-state index is 4.89. The van der Waals surface area contributed by atoms with Crippen LogP contribution in [0, 0.1) is 0 Å². The Kier molecular flexibility index (Phi) is 11.1. The van der Waals surface area contributed by atoms with E-state index in [1.807, 2.05) is 0 Å². The van der Waals surface area contributed by atoms with Crippen LogP contribution in [0.3, 0.4) is 0 Å². The summed E-state index contributed by atoms with van der Waals surface area (Å²) in [4.78, 5) is 7.09. The van der Waals surface area contributed by atoms with Crippen molar-refractivity contribution in [2.45, 2.75) is 0 Å². The third-order valence-electron chi connectivity index (χ3n) is 13.6. The number of fused-ring (bicyclic) bond motifs is 7. The van der Waals surface area contributed by atoms with Gasteiger partial charge >= 0.3 is 0 Å². The zero-order chi connectivity index (χ0) is 46.8. The van der Waals surface area contributed by atoms with Crippen LogP contribution < -0.4 is 14.7 Å². The highest BCUT2D eigenvalue weighted by atomic mass is 15.2. The van der Waals surface area contributed by atoms with Crippen molar-refractivity contribution >= 4 is 77.7 Å². The van der Waals surface area contributed by atoms with Crippen molar-refractivity contribution in [2.75, 3.05) is 21.2 Å². The van der Waals surface area contributed by atoms with Gasteiger partial charge in [0.05, 0.1) is 0 Å². The molecule has 0 radical (unpaired) electrons. The molecule has 0 atom stereocenters. The van der Waals surface area contributed by atoms with Gasteiger partial charge in [-0.15, -0.1) is 0 Å². The molecule has 0 fully saturated rings. The van der Waals surface area contributed by atoms with E-state index in [9.17, 15) is 0 Å². The van der Waals surface area contributed by atoms with Gasteiger partial charge < -0.3 is 14.7 Å². The Morgan fingerprint density at radius 1 is 0.343 bits per heavy atom. The van der Waals surface area contributed by atoms with Crippen molar-refractivity contribution in [2.24, 2.45) is 0 Å². The highest BCUT2D eigenvalue weighted by Gasteiger charge is 2.22. The van der Waals surface area contributed by atoms with E-state index in [2.05, 4.69) is 288 Å². The van der Waals surface area contributed by atoms with E-state index in [4.69, 9.17) is 6.58 Å². The average molecular weight is 896 g/mol. The summed E-state index contributed by atoms with van der Waals surface area (Å²) in [6, 6.07) is 91.6. The molecule has 0 saturated heterocycles. The second-order valence-electron chi connectivity index (χ2n) is 17.8. The van der Waals surface area contributed by atoms with Crippen LogP contribution in [-0.4, -0.2) is 6.54 Å². The fraction of sp³-hybridized carbons (Fsp3) is 0.0149. The van der Waals surface area contributed by atoms with Gasteiger partial charge in [0.15, 0.2) is 0 Å².